The molecule has 11 heteroatoms. The van der Waals surface area contributed by atoms with Crippen molar-refractivity contribution in [3.8, 4) is 5.00 Å². The van der Waals surface area contributed by atoms with Crippen LogP contribution in [-0.2, 0) is 17.8 Å². The maximum atomic E-state index is 13.4. The van der Waals surface area contributed by atoms with E-state index >= 15 is 0 Å². The summed E-state index contributed by atoms with van der Waals surface area (Å²) < 4.78 is 2.03. The number of hydrogen-bond donors (Lipinski definition) is 3. The Morgan fingerprint density at radius 3 is 2.58 bits per heavy atom. The van der Waals surface area contributed by atoms with Crippen molar-refractivity contribution < 1.29 is 9.90 Å². The minimum atomic E-state index is -0.551. The quantitative estimate of drug-likeness (QED) is 0.243. The maximum Gasteiger partial charge on any atom is 0.227 e. The molecule has 0 saturated carbocycles. The van der Waals surface area contributed by atoms with E-state index in [0.29, 0.717) is 23.1 Å². The smallest absolute Gasteiger partial charge is 0.227 e. The molecule has 3 heterocycles. The van der Waals surface area contributed by atoms with Gasteiger partial charge in [-0.05, 0) is 81.1 Å². The maximum absolute atomic E-state index is 13.4. The zero-order valence-corrected chi connectivity index (χ0v) is 25.0. The van der Waals surface area contributed by atoms with Crippen molar-refractivity contribution in [2.75, 3.05) is 11.9 Å². The van der Waals surface area contributed by atoms with Crippen molar-refractivity contribution in [3.63, 3.8) is 0 Å². The number of carbonyl (C=O) groups is 1. The molecule has 0 saturated heterocycles. The molecule has 0 aliphatic carbocycles. The fourth-order valence-electron chi connectivity index (χ4n) is 4.90. The van der Waals surface area contributed by atoms with Gasteiger partial charge in [-0.2, -0.15) is 0 Å². The third-order valence-corrected chi connectivity index (χ3v) is 8.49. The van der Waals surface area contributed by atoms with Gasteiger partial charge in [0.15, 0.2) is 5.82 Å². The van der Waals surface area contributed by atoms with Crippen LogP contribution in [0.3, 0.4) is 0 Å². The lowest BCUT2D eigenvalue weighted by atomic mass is 9.99. The number of anilines is 1. The highest BCUT2D eigenvalue weighted by molar-refractivity contribution is 7.15. The van der Waals surface area contributed by atoms with Crippen LogP contribution in [0, 0.1) is 20.8 Å². The number of amides is 1. The SMILES string of the molecule is Cc1sc2c(c1C)C(c1ccc(Cl)cc1)=N[C@@H](CC(=O)Nc1ccc(CO)c(CCCN)c1)c1nnc(C)n1-2.Cl. The number of hydrogen-bond acceptors (Lipinski definition) is 7. The van der Waals surface area contributed by atoms with Crippen LogP contribution < -0.4 is 11.1 Å². The van der Waals surface area contributed by atoms with Crippen LogP contribution in [0.4, 0.5) is 5.69 Å². The highest BCUT2D eigenvalue weighted by Gasteiger charge is 2.32. The fourth-order valence-corrected chi connectivity index (χ4v) is 6.24. The van der Waals surface area contributed by atoms with Gasteiger partial charge in [-0.15, -0.1) is 33.9 Å². The van der Waals surface area contributed by atoms with Crippen LogP contribution in [0.1, 0.15) is 63.2 Å². The van der Waals surface area contributed by atoms with Gasteiger partial charge >= 0.3 is 0 Å². The van der Waals surface area contributed by atoms with Gasteiger partial charge in [0.2, 0.25) is 5.91 Å². The van der Waals surface area contributed by atoms with Gasteiger partial charge < -0.3 is 16.2 Å². The number of nitrogens with zero attached hydrogens (tertiary/aromatic N) is 4. The molecular formula is C29H32Cl2N6O2S. The molecule has 210 valence electrons. The second kappa shape index (κ2) is 12.6. The summed E-state index contributed by atoms with van der Waals surface area (Å²) in [6, 6.07) is 12.6. The third kappa shape index (κ3) is 5.84. The van der Waals surface area contributed by atoms with Crippen molar-refractivity contribution in [1.29, 1.82) is 0 Å². The molecule has 8 nitrogen and oxygen atoms in total. The van der Waals surface area contributed by atoms with E-state index in [2.05, 4.69) is 29.4 Å². The standard InChI is InChI=1S/C29H31ClN6O2S.ClH/c1-16-17(2)39-29-26(16)27(19-6-9-22(30)10-7-19)33-24(28-35-34-18(3)36(28)29)14-25(38)32-23-11-8-21(15-37)20(13-23)5-4-12-31;/h6-11,13,24,37H,4-5,12,14-15,31H2,1-3H3,(H,32,38);1H/t24-;/m0./s1. The minimum absolute atomic E-state index is 0. The van der Waals surface area contributed by atoms with Gasteiger partial charge in [-0.1, -0.05) is 29.8 Å². The number of halogens is 2. The summed E-state index contributed by atoms with van der Waals surface area (Å²) >= 11 is 7.87. The molecule has 5 rings (SSSR count). The van der Waals surface area contributed by atoms with E-state index in [0.717, 1.165) is 57.2 Å². The molecule has 0 bridgehead atoms. The lowest BCUT2D eigenvalue weighted by molar-refractivity contribution is -0.116. The Hall–Kier alpha value is -3.08. The molecular weight excluding hydrogens is 567 g/mol. The van der Waals surface area contributed by atoms with E-state index in [1.165, 1.54) is 4.88 Å². The number of aromatic nitrogens is 3. The second-order valence-corrected chi connectivity index (χ2v) is 11.3. The van der Waals surface area contributed by atoms with Crippen LogP contribution >= 0.6 is 35.3 Å². The Bertz CT molecular complexity index is 1560. The molecule has 2 aromatic heterocycles. The third-order valence-electron chi connectivity index (χ3n) is 7.05. The lowest BCUT2D eigenvalue weighted by Crippen LogP contribution is -2.17. The summed E-state index contributed by atoms with van der Waals surface area (Å²) in [6.07, 6.45) is 1.62. The molecule has 1 aliphatic heterocycles. The van der Waals surface area contributed by atoms with Gasteiger partial charge in [0.25, 0.3) is 0 Å². The highest BCUT2D eigenvalue weighted by Crippen LogP contribution is 2.39. The molecule has 0 fully saturated rings. The average molecular weight is 600 g/mol. The molecule has 1 atom stereocenters. The van der Waals surface area contributed by atoms with Crippen LogP contribution in [0.25, 0.3) is 5.00 Å². The summed E-state index contributed by atoms with van der Waals surface area (Å²) in [4.78, 5) is 19.7. The number of benzene rings is 2. The van der Waals surface area contributed by atoms with Crippen LogP contribution in [0.2, 0.25) is 5.02 Å². The predicted molar refractivity (Wildman–Crippen MR) is 164 cm³/mol. The number of aliphatic hydroxyl groups excluding tert-OH is 1. The summed E-state index contributed by atoms with van der Waals surface area (Å²) in [5.41, 5.74) is 12.1. The summed E-state index contributed by atoms with van der Waals surface area (Å²) in [7, 11) is 0. The summed E-state index contributed by atoms with van der Waals surface area (Å²) in [5.74, 6) is 1.19. The van der Waals surface area contributed by atoms with E-state index < -0.39 is 6.04 Å². The molecule has 1 aliphatic rings. The first-order valence-electron chi connectivity index (χ1n) is 12.9. The first-order chi connectivity index (χ1) is 18.8. The number of thiophene rings is 1. The molecule has 2 aromatic carbocycles. The van der Waals surface area contributed by atoms with Gasteiger partial charge in [0.05, 0.1) is 18.7 Å². The molecule has 0 spiro atoms. The summed E-state index contributed by atoms with van der Waals surface area (Å²) in [6.45, 7) is 6.61. The molecule has 0 radical (unpaired) electrons. The van der Waals surface area contributed by atoms with E-state index in [1.54, 1.807) is 17.4 Å². The van der Waals surface area contributed by atoms with Gasteiger partial charge in [0.1, 0.15) is 16.9 Å². The Labute approximate surface area is 248 Å². The first-order valence-corrected chi connectivity index (χ1v) is 14.1. The van der Waals surface area contributed by atoms with Crippen LogP contribution in [-0.4, -0.2) is 38.0 Å². The highest BCUT2D eigenvalue weighted by atomic mass is 35.5. The number of aliphatic imine (C=N–C) groups is 1. The van der Waals surface area contributed by atoms with Crippen molar-refractivity contribution in [1.82, 2.24) is 14.8 Å². The molecule has 40 heavy (non-hydrogen) atoms. The van der Waals surface area contributed by atoms with Crippen LogP contribution in [0.5, 0.6) is 0 Å². The van der Waals surface area contributed by atoms with Crippen molar-refractivity contribution in [3.05, 3.63) is 91.8 Å². The minimum Gasteiger partial charge on any atom is -0.392 e. The Morgan fingerprint density at radius 2 is 1.88 bits per heavy atom. The number of nitrogens with two attached hydrogens (primary N) is 1. The fraction of sp³-hybridized carbons (Fsp3) is 0.310. The monoisotopic (exact) mass is 598 g/mol. The molecule has 4 aromatic rings. The van der Waals surface area contributed by atoms with E-state index in [-0.39, 0.29) is 31.3 Å². The topological polar surface area (TPSA) is 118 Å². The van der Waals surface area contributed by atoms with E-state index in [1.807, 2.05) is 47.9 Å². The Morgan fingerprint density at radius 1 is 1.12 bits per heavy atom. The Balaban J connectivity index is 0.00000370. The van der Waals surface area contributed by atoms with Crippen molar-refractivity contribution in [2.24, 2.45) is 10.7 Å². The number of aryl methyl sites for hydroxylation is 3. The van der Waals surface area contributed by atoms with Gasteiger partial charge in [0, 0.05) is 26.7 Å². The largest absolute Gasteiger partial charge is 0.392 e. The number of carbonyl (C=O) groups excluding carboxylic acids is 1. The zero-order chi connectivity index (χ0) is 27.7. The zero-order valence-electron chi connectivity index (χ0n) is 22.6. The van der Waals surface area contributed by atoms with Gasteiger partial charge in [-0.25, -0.2) is 0 Å². The first kappa shape index (κ1) is 29.9. The van der Waals surface area contributed by atoms with Crippen LogP contribution in [0.15, 0.2) is 47.5 Å². The predicted octanol–water partition coefficient (Wildman–Crippen LogP) is 5.63. The van der Waals surface area contributed by atoms with Crippen molar-refractivity contribution in [2.45, 2.75) is 52.7 Å². The number of rotatable bonds is 8. The second-order valence-electron chi connectivity index (χ2n) is 9.69. The molecule has 4 N–H and O–H groups in total. The number of fused-ring (bicyclic) bond motifs is 3. The lowest BCUT2D eigenvalue weighted by Gasteiger charge is -2.14. The van der Waals surface area contributed by atoms with Gasteiger partial charge in [-0.3, -0.25) is 14.4 Å². The molecule has 0 unspecified atom stereocenters. The van der Waals surface area contributed by atoms with Crippen molar-refractivity contribution >= 4 is 52.7 Å². The average Bonchev–Trinajstić information content (AvgIpc) is 3.40. The Kier molecular flexibility index (Phi) is 9.43. The summed E-state index contributed by atoms with van der Waals surface area (Å²) in [5, 5.41) is 23.2. The van der Waals surface area contributed by atoms with E-state index in [9.17, 15) is 9.90 Å². The molecule has 1 amide bonds. The number of aliphatic hydroxyl groups is 1. The normalized spacial score (nSPS) is 14.1. The number of nitrogens with one attached hydrogen (secondary N) is 1. The van der Waals surface area contributed by atoms with E-state index in [4.69, 9.17) is 22.3 Å².